The van der Waals surface area contributed by atoms with Crippen LogP contribution in [-0.2, 0) is 13.5 Å². The summed E-state index contributed by atoms with van der Waals surface area (Å²) in [7, 11) is 1.86. The van der Waals surface area contributed by atoms with Gasteiger partial charge in [-0.3, -0.25) is 14.3 Å². The Balaban J connectivity index is 1.39. The van der Waals surface area contributed by atoms with Crippen molar-refractivity contribution in [1.82, 2.24) is 49.7 Å². The lowest BCUT2D eigenvalue weighted by Gasteiger charge is -2.17. The molecule has 0 saturated carbocycles. The summed E-state index contributed by atoms with van der Waals surface area (Å²) < 4.78 is 20.2. The van der Waals surface area contributed by atoms with Crippen molar-refractivity contribution in [3.8, 4) is 34.0 Å². The van der Waals surface area contributed by atoms with Gasteiger partial charge in [-0.25, -0.2) is 9.37 Å². The van der Waals surface area contributed by atoms with E-state index in [0.29, 0.717) is 29.1 Å². The minimum Gasteiger partial charge on any atom is -0.276 e. The Hall–Kier alpha value is -5.28. The third-order valence-electron chi connectivity index (χ3n) is 6.39. The molecule has 0 spiro atoms. The Morgan fingerprint density at radius 1 is 1.05 bits per heavy atom. The zero-order valence-electron chi connectivity index (χ0n) is 21.0. The zero-order valence-corrected chi connectivity index (χ0v) is 21.7. The van der Waals surface area contributed by atoms with Gasteiger partial charge in [0.15, 0.2) is 5.82 Å². The van der Waals surface area contributed by atoms with Crippen molar-refractivity contribution in [1.29, 1.82) is 5.26 Å². The number of tetrazole rings is 1. The van der Waals surface area contributed by atoms with E-state index in [1.807, 2.05) is 42.3 Å². The van der Waals surface area contributed by atoms with Gasteiger partial charge in [-0.1, -0.05) is 17.7 Å². The minimum absolute atomic E-state index is 0.0244. The first-order chi connectivity index (χ1) is 19.5. The molecule has 6 aromatic rings. The lowest BCUT2D eigenvalue weighted by atomic mass is 10.0. The lowest BCUT2D eigenvalue weighted by molar-refractivity contribution is 0.501. The second-order valence-corrected chi connectivity index (χ2v) is 9.34. The van der Waals surface area contributed by atoms with Gasteiger partial charge in [-0.05, 0) is 52.4 Å². The topological polar surface area (TPSA) is 129 Å². The van der Waals surface area contributed by atoms with E-state index in [1.165, 1.54) is 17.1 Å². The van der Waals surface area contributed by atoms with Crippen LogP contribution in [0.4, 0.5) is 4.39 Å². The monoisotopic (exact) mass is 551 g/mol. The summed E-state index contributed by atoms with van der Waals surface area (Å²) in [5.74, 6) is -0.597. The summed E-state index contributed by atoms with van der Waals surface area (Å²) in [6, 6.07) is 13.9. The predicted octanol–water partition coefficient (Wildman–Crippen LogP) is 4.21. The molecule has 11 nitrogen and oxygen atoms in total. The maximum atomic E-state index is 15.3. The molecule has 0 radical (unpaired) electrons. The molecular weight excluding hydrogens is 533 g/mol. The third-order valence-corrected chi connectivity index (χ3v) is 6.68. The van der Waals surface area contributed by atoms with Gasteiger partial charge in [0.2, 0.25) is 0 Å². The molecule has 196 valence electrons. The highest BCUT2D eigenvalue weighted by Crippen LogP contribution is 2.34. The predicted molar refractivity (Wildman–Crippen MR) is 143 cm³/mol. The maximum absolute atomic E-state index is 15.3. The molecule has 1 unspecified atom stereocenters. The fourth-order valence-electron chi connectivity index (χ4n) is 4.46. The van der Waals surface area contributed by atoms with E-state index in [2.05, 4.69) is 36.8 Å². The zero-order chi connectivity index (χ0) is 27.6. The minimum atomic E-state index is -0.597. The summed E-state index contributed by atoms with van der Waals surface area (Å²) in [5.41, 5.74) is 4.69. The average Bonchev–Trinajstić information content (AvgIpc) is 3.76. The Labute approximate surface area is 232 Å². The van der Waals surface area contributed by atoms with E-state index in [9.17, 15) is 5.26 Å². The SMILES string of the molecule is Cn1ccc(CC(c2ccc(-c3c(-n4cnnn4)ccc(Cl)c3F)cn2)n2cc(-c3ccnc(C#N)c3)cn2)n1. The second kappa shape index (κ2) is 10.5. The van der Waals surface area contributed by atoms with Crippen LogP contribution < -0.4 is 0 Å². The van der Waals surface area contributed by atoms with Crippen molar-refractivity contribution < 1.29 is 4.39 Å². The highest BCUT2D eigenvalue weighted by atomic mass is 35.5. The van der Waals surface area contributed by atoms with Crippen LogP contribution in [0, 0.1) is 17.1 Å². The molecule has 5 heterocycles. The second-order valence-electron chi connectivity index (χ2n) is 8.93. The van der Waals surface area contributed by atoms with E-state index in [4.69, 9.17) is 16.6 Å². The highest BCUT2D eigenvalue weighted by Gasteiger charge is 2.22. The summed E-state index contributed by atoms with van der Waals surface area (Å²) in [5, 5.41) is 29.6. The third kappa shape index (κ3) is 4.81. The van der Waals surface area contributed by atoms with Gasteiger partial charge in [0.1, 0.15) is 18.1 Å². The van der Waals surface area contributed by atoms with Crippen LogP contribution in [0.25, 0.3) is 27.9 Å². The van der Waals surface area contributed by atoms with Crippen LogP contribution in [0.5, 0.6) is 0 Å². The van der Waals surface area contributed by atoms with Crippen LogP contribution >= 0.6 is 11.6 Å². The van der Waals surface area contributed by atoms with Gasteiger partial charge in [0.25, 0.3) is 0 Å². The molecular formula is C27H19ClFN11. The largest absolute Gasteiger partial charge is 0.276 e. The van der Waals surface area contributed by atoms with Gasteiger partial charge in [0, 0.05) is 54.9 Å². The summed E-state index contributed by atoms with van der Waals surface area (Å²) in [6.45, 7) is 0. The smallest absolute Gasteiger partial charge is 0.151 e. The number of hydrogen-bond donors (Lipinski definition) is 0. The van der Waals surface area contributed by atoms with Crippen LogP contribution in [0.15, 0.2) is 79.8 Å². The number of aromatic nitrogens is 10. The first kappa shape index (κ1) is 25.0. The van der Waals surface area contributed by atoms with Gasteiger partial charge in [-0.15, -0.1) is 5.10 Å². The Morgan fingerprint density at radius 2 is 1.95 bits per heavy atom. The van der Waals surface area contributed by atoms with Crippen LogP contribution in [0.1, 0.15) is 23.1 Å². The molecule has 0 aliphatic heterocycles. The molecule has 1 aromatic carbocycles. The van der Waals surface area contributed by atoms with Crippen molar-refractivity contribution in [3.63, 3.8) is 0 Å². The van der Waals surface area contributed by atoms with Crippen LogP contribution in [0.3, 0.4) is 0 Å². The number of nitrogens with zero attached hydrogens (tertiary/aromatic N) is 11. The van der Waals surface area contributed by atoms with Crippen molar-refractivity contribution in [2.75, 3.05) is 0 Å². The van der Waals surface area contributed by atoms with E-state index < -0.39 is 5.82 Å². The van der Waals surface area contributed by atoms with E-state index in [-0.39, 0.29) is 16.6 Å². The Morgan fingerprint density at radius 3 is 2.67 bits per heavy atom. The number of nitriles is 1. The first-order valence-electron chi connectivity index (χ1n) is 12.1. The fourth-order valence-corrected chi connectivity index (χ4v) is 4.62. The molecule has 0 fully saturated rings. The fraction of sp³-hybridized carbons (Fsp3) is 0.111. The first-order valence-corrected chi connectivity index (χ1v) is 12.4. The number of halogens is 2. The van der Waals surface area contributed by atoms with E-state index >= 15 is 4.39 Å². The van der Waals surface area contributed by atoms with E-state index in [0.717, 1.165) is 16.8 Å². The average molecular weight is 552 g/mol. The molecule has 0 aliphatic carbocycles. The number of benzene rings is 1. The van der Waals surface area contributed by atoms with Gasteiger partial charge in [0.05, 0.1) is 34.3 Å². The Bertz CT molecular complexity index is 1840. The normalized spacial score (nSPS) is 11.8. The summed E-state index contributed by atoms with van der Waals surface area (Å²) >= 11 is 6.12. The van der Waals surface area contributed by atoms with Crippen molar-refractivity contribution >= 4 is 11.6 Å². The quantitative estimate of drug-likeness (QED) is 0.288. The number of pyridine rings is 2. The Kier molecular flexibility index (Phi) is 6.55. The molecule has 0 saturated heterocycles. The summed E-state index contributed by atoms with van der Waals surface area (Å²) in [4.78, 5) is 8.76. The van der Waals surface area contributed by atoms with Crippen molar-refractivity contribution in [2.45, 2.75) is 12.5 Å². The standard InChI is InChI=1S/C27H19ClFN11/c1-38-9-7-20(35-38)11-25(39-15-19(14-34-39)17-6-8-31-21(10-17)12-30)23-4-2-18(13-32-23)26-24(40-16-33-36-37-40)5-3-22(28)27(26)29/h2-10,13-16,25H,11H2,1H3. The molecule has 0 bridgehead atoms. The highest BCUT2D eigenvalue weighted by molar-refractivity contribution is 6.31. The molecule has 5 aromatic heterocycles. The lowest BCUT2D eigenvalue weighted by Crippen LogP contribution is -2.16. The number of hydrogen-bond acceptors (Lipinski definition) is 8. The van der Waals surface area contributed by atoms with Gasteiger partial charge in [-0.2, -0.15) is 20.1 Å². The van der Waals surface area contributed by atoms with Gasteiger partial charge >= 0.3 is 0 Å². The molecule has 0 amide bonds. The molecule has 6 rings (SSSR count). The molecule has 0 N–H and O–H groups in total. The number of aryl methyl sites for hydroxylation is 1. The van der Waals surface area contributed by atoms with E-state index in [1.54, 1.807) is 41.5 Å². The molecule has 0 aliphatic rings. The molecule has 40 heavy (non-hydrogen) atoms. The van der Waals surface area contributed by atoms with Gasteiger partial charge < -0.3 is 0 Å². The molecule has 13 heteroatoms. The summed E-state index contributed by atoms with van der Waals surface area (Å²) in [6.07, 6.45) is 10.6. The van der Waals surface area contributed by atoms with Crippen LogP contribution in [0.2, 0.25) is 5.02 Å². The van der Waals surface area contributed by atoms with Crippen molar-refractivity contribution in [3.05, 3.63) is 108 Å². The van der Waals surface area contributed by atoms with Crippen LogP contribution in [-0.4, -0.2) is 49.7 Å². The maximum Gasteiger partial charge on any atom is 0.151 e. The number of rotatable bonds is 7. The molecule has 1 atom stereocenters. The van der Waals surface area contributed by atoms with Crippen molar-refractivity contribution in [2.24, 2.45) is 7.05 Å².